The molecule has 1 atom stereocenters. The highest BCUT2D eigenvalue weighted by Gasteiger charge is 2.35. The summed E-state index contributed by atoms with van der Waals surface area (Å²) in [5.41, 5.74) is 2.05. The van der Waals surface area contributed by atoms with E-state index in [2.05, 4.69) is 25.7 Å². The zero-order chi connectivity index (χ0) is 15.2. The van der Waals surface area contributed by atoms with Crippen LogP contribution >= 0.6 is 0 Å². The lowest BCUT2D eigenvalue weighted by atomic mass is 9.97. The van der Waals surface area contributed by atoms with Crippen LogP contribution in [0.1, 0.15) is 43.3 Å². The van der Waals surface area contributed by atoms with Gasteiger partial charge < -0.3 is 9.52 Å². The van der Waals surface area contributed by atoms with E-state index in [4.69, 9.17) is 9.52 Å². The molecule has 4 nitrogen and oxygen atoms in total. The molecule has 0 aliphatic carbocycles. The standard InChI is InChI=1S/C17H21NO3/c1-11-8-17(2,3)18(9-11)10-12-4-5-14-13(6-12)7-15(21-14)16(19)20/h4-7,11H,8-10H2,1-3H3,(H,19,20). The summed E-state index contributed by atoms with van der Waals surface area (Å²) in [5, 5.41) is 9.84. The fourth-order valence-electron chi connectivity index (χ4n) is 3.47. The van der Waals surface area contributed by atoms with Gasteiger partial charge in [0.15, 0.2) is 0 Å². The zero-order valence-electron chi connectivity index (χ0n) is 12.7. The highest BCUT2D eigenvalue weighted by Crippen LogP contribution is 2.34. The van der Waals surface area contributed by atoms with Gasteiger partial charge in [-0.2, -0.15) is 0 Å². The number of nitrogens with zero attached hydrogens (tertiary/aromatic N) is 1. The van der Waals surface area contributed by atoms with E-state index < -0.39 is 5.97 Å². The molecule has 1 aliphatic rings. The Labute approximate surface area is 124 Å². The molecule has 0 radical (unpaired) electrons. The summed E-state index contributed by atoms with van der Waals surface area (Å²) < 4.78 is 5.30. The summed E-state index contributed by atoms with van der Waals surface area (Å²) in [6.07, 6.45) is 1.21. The van der Waals surface area contributed by atoms with Gasteiger partial charge >= 0.3 is 5.97 Å². The zero-order valence-corrected chi connectivity index (χ0v) is 12.7. The lowest BCUT2D eigenvalue weighted by Crippen LogP contribution is -2.37. The maximum Gasteiger partial charge on any atom is 0.371 e. The maximum atomic E-state index is 11.0. The molecule has 1 aliphatic heterocycles. The van der Waals surface area contributed by atoms with Crippen LogP contribution in [0, 0.1) is 5.92 Å². The van der Waals surface area contributed by atoms with E-state index in [1.807, 2.05) is 18.2 Å². The van der Waals surface area contributed by atoms with Crippen molar-refractivity contribution in [1.29, 1.82) is 0 Å². The number of benzene rings is 1. The summed E-state index contributed by atoms with van der Waals surface area (Å²) in [5.74, 6) is -0.309. The third-order valence-corrected chi connectivity index (χ3v) is 4.40. The lowest BCUT2D eigenvalue weighted by molar-refractivity contribution is 0.0665. The van der Waals surface area contributed by atoms with Gasteiger partial charge in [0.05, 0.1) is 0 Å². The third kappa shape index (κ3) is 2.68. The Morgan fingerprint density at radius 3 is 2.81 bits per heavy atom. The Morgan fingerprint density at radius 2 is 2.19 bits per heavy atom. The molecule has 1 aromatic heterocycles. The maximum absolute atomic E-state index is 11.0. The second-order valence-electron chi connectivity index (χ2n) is 6.79. The van der Waals surface area contributed by atoms with Crippen molar-refractivity contribution >= 4 is 16.9 Å². The summed E-state index contributed by atoms with van der Waals surface area (Å²) in [6, 6.07) is 7.52. The average Bonchev–Trinajstić information content (AvgIpc) is 2.90. The first-order valence-corrected chi connectivity index (χ1v) is 7.36. The smallest absolute Gasteiger partial charge is 0.371 e. The van der Waals surface area contributed by atoms with Gasteiger partial charge in [0.2, 0.25) is 5.76 Å². The number of fused-ring (bicyclic) bond motifs is 1. The highest BCUT2D eigenvalue weighted by molar-refractivity contribution is 5.91. The first-order valence-electron chi connectivity index (χ1n) is 7.36. The number of likely N-dealkylation sites (tertiary alicyclic amines) is 1. The van der Waals surface area contributed by atoms with Crippen LogP contribution in [0.25, 0.3) is 11.0 Å². The van der Waals surface area contributed by atoms with E-state index in [-0.39, 0.29) is 11.3 Å². The van der Waals surface area contributed by atoms with E-state index in [1.54, 1.807) is 6.07 Å². The predicted octanol–water partition coefficient (Wildman–Crippen LogP) is 3.75. The van der Waals surface area contributed by atoms with E-state index in [0.29, 0.717) is 5.58 Å². The largest absolute Gasteiger partial charge is 0.475 e. The van der Waals surface area contributed by atoms with Gasteiger partial charge in [-0.3, -0.25) is 4.90 Å². The number of carbonyl (C=O) groups is 1. The molecule has 4 heteroatoms. The number of rotatable bonds is 3. The summed E-state index contributed by atoms with van der Waals surface area (Å²) in [6.45, 7) is 8.86. The number of carboxylic acid groups (broad SMARTS) is 1. The summed E-state index contributed by atoms with van der Waals surface area (Å²) in [7, 11) is 0. The van der Waals surface area contributed by atoms with Crippen molar-refractivity contribution in [2.75, 3.05) is 6.54 Å². The molecule has 1 unspecified atom stereocenters. The molecule has 1 saturated heterocycles. The average molecular weight is 287 g/mol. The van der Waals surface area contributed by atoms with Crippen molar-refractivity contribution in [1.82, 2.24) is 4.90 Å². The minimum absolute atomic E-state index is 0.00252. The van der Waals surface area contributed by atoms with Gasteiger partial charge in [-0.15, -0.1) is 0 Å². The molecule has 1 aromatic carbocycles. The Kier molecular flexibility index (Phi) is 3.29. The molecule has 0 spiro atoms. The molecule has 0 bridgehead atoms. The SMILES string of the molecule is CC1CN(Cc2ccc3oc(C(=O)O)cc3c2)C(C)(C)C1. The van der Waals surface area contributed by atoms with E-state index in [9.17, 15) is 4.79 Å². The predicted molar refractivity (Wildman–Crippen MR) is 81.4 cm³/mol. The molecular weight excluding hydrogens is 266 g/mol. The van der Waals surface area contributed by atoms with Crippen LogP contribution in [0.2, 0.25) is 0 Å². The topological polar surface area (TPSA) is 53.7 Å². The summed E-state index contributed by atoms with van der Waals surface area (Å²) >= 11 is 0. The Bertz CT molecular complexity index is 686. The molecule has 21 heavy (non-hydrogen) atoms. The van der Waals surface area contributed by atoms with Gasteiger partial charge in [0.1, 0.15) is 5.58 Å². The Morgan fingerprint density at radius 1 is 1.43 bits per heavy atom. The minimum atomic E-state index is -1.03. The fourth-order valence-corrected chi connectivity index (χ4v) is 3.47. The molecule has 2 aromatic rings. The molecule has 1 fully saturated rings. The first-order chi connectivity index (χ1) is 9.85. The molecule has 3 rings (SSSR count). The fraction of sp³-hybridized carbons (Fsp3) is 0.471. The van der Waals surface area contributed by atoms with Crippen LogP contribution in [0.15, 0.2) is 28.7 Å². The molecule has 112 valence electrons. The molecule has 2 heterocycles. The van der Waals surface area contributed by atoms with Gasteiger partial charge in [0, 0.05) is 24.0 Å². The number of furan rings is 1. The van der Waals surface area contributed by atoms with Crippen LogP contribution in [-0.4, -0.2) is 28.1 Å². The van der Waals surface area contributed by atoms with Gasteiger partial charge in [0.25, 0.3) is 0 Å². The van der Waals surface area contributed by atoms with Gasteiger partial charge in [-0.05, 0) is 49.9 Å². The van der Waals surface area contributed by atoms with Crippen LogP contribution < -0.4 is 0 Å². The molecule has 1 N–H and O–H groups in total. The van der Waals surface area contributed by atoms with Crippen molar-refractivity contribution in [3.8, 4) is 0 Å². The molecule has 0 saturated carbocycles. The Hall–Kier alpha value is -1.81. The van der Waals surface area contributed by atoms with Crippen molar-refractivity contribution < 1.29 is 14.3 Å². The number of carboxylic acids is 1. The quantitative estimate of drug-likeness (QED) is 0.934. The van der Waals surface area contributed by atoms with Crippen LogP contribution in [-0.2, 0) is 6.54 Å². The second kappa shape index (κ2) is 4.88. The van der Waals surface area contributed by atoms with E-state index in [0.717, 1.165) is 24.4 Å². The number of aromatic carboxylic acids is 1. The highest BCUT2D eigenvalue weighted by atomic mass is 16.4. The third-order valence-electron chi connectivity index (χ3n) is 4.40. The normalized spacial score (nSPS) is 22.0. The van der Waals surface area contributed by atoms with Crippen molar-refractivity contribution in [2.45, 2.75) is 39.3 Å². The molecule has 0 amide bonds. The first kappa shape index (κ1) is 14.1. The van der Waals surface area contributed by atoms with Gasteiger partial charge in [-0.1, -0.05) is 13.0 Å². The summed E-state index contributed by atoms with van der Waals surface area (Å²) in [4.78, 5) is 13.5. The van der Waals surface area contributed by atoms with Crippen LogP contribution in [0.3, 0.4) is 0 Å². The van der Waals surface area contributed by atoms with E-state index in [1.165, 1.54) is 12.0 Å². The van der Waals surface area contributed by atoms with Crippen molar-refractivity contribution in [2.24, 2.45) is 5.92 Å². The number of hydrogen-bond donors (Lipinski definition) is 1. The van der Waals surface area contributed by atoms with Crippen LogP contribution in [0.5, 0.6) is 0 Å². The van der Waals surface area contributed by atoms with Crippen molar-refractivity contribution in [3.63, 3.8) is 0 Å². The van der Waals surface area contributed by atoms with Crippen LogP contribution in [0.4, 0.5) is 0 Å². The molecular formula is C17H21NO3. The Balaban J connectivity index is 1.86. The van der Waals surface area contributed by atoms with E-state index >= 15 is 0 Å². The van der Waals surface area contributed by atoms with Crippen molar-refractivity contribution in [3.05, 3.63) is 35.6 Å². The van der Waals surface area contributed by atoms with Gasteiger partial charge in [-0.25, -0.2) is 4.79 Å². The second-order valence-corrected chi connectivity index (χ2v) is 6.79. The number of hydrogen-bond acceptors (Lipinski definition) is 3. The minimum Gasteiger partial charge on any atom is -0.475 e. The lowest BCUT2D eigenvalue weighted by Gasteiger charge is -2.31. The monoisotopic (exact) mass is 287 g/mol.